The Labute approximate surface area is 75.9 Å². The van der Waals surface area contributed by atoms with Crippen molar-refractivity contribution in [1.29, 1.82) is 0 Å². The summed E-state index contributed by atoms with van der Waals surface area (Å²) < 4.78 is 26.5. The molecule has 3 heteroatoms. The van der Waals surface area contributed by atoms with Gasteiger partial charge < -0.3 is 5.73 Å². The van der Waals surface area contributed by atoms with Crippen LogP contribution in [0.2, 0.25) is 0 Å². The predicted octanol–water partition coefficient (Wildman–Crippen LogP) is 2.46. The molecule has 0 bridgehead atoms. The zero-order valence-electron chi connectivity index (χ0n) is 7.40. The van der Waals surface area contributed by atoms with Crippen molar-refractivity contribution in [1.82, 2.24) is 0 Å². The van der Waals surface area contributed by atoms with Crippen LogP contribution in [0, 0.1) is 11.6 Å². The van der Waals surface area contributed by atoms with E-state index in [0.717, 1.165) is 0 Å². The van der Waals surface area contributed by atoms with Gasteiger partial charge >= 0.3 is 0 Å². The molecule has 1 aromatic carbocycles. The number of benzene rings is 1. The molecule has 0 aliphatic carbocycles. The van der Waals surface area contributed by atoms with Gasteiger partial charge in [-0.15, -0.1) is 0 Å². The summed E-state index contributed by atoms with van der Waals surface area (Å²) in [5.41, 5.74) is 5.88. The quantitative estimate of drug-likeness (QED) is 0.748. The lowest BCUT2D eigenvalue weighted by molar-refractivity contribution is 0.566. The van der Waals surface area contributed by atoms with E-state index >= 15 is 0 Å². The number of nitrogens with two attached hydrogens (primary N) is 1. The van der Waals surface area contributed by atoms with Crippen LogP contribution in [-0.2, 0) is 6.54 Å². The van der Waals surface area contributed by atoms with E-state index in [1.54, 1.807) is 6.92 Å². The molecule has 0 aliphatic rings. The fraction of sp³-hybridized carbons (Fsp3) is 0.200. The second-order valence-corrected chi connectivity index (χ2v) is 2.88. The lowest BCUT2D eigenvalue weighted by Gasteiger charge is -2.07. The van der Waals surface area contributed by atoms with E-state index < -0.39 is 11.6 Å². The molecular formula is C10H11F2N. The van der Waals surface area contributed by atoms with Crippen molar-refractivity contribution >= 4 is 5.57 Å². The molecule has 1 rings (SSSR count). The van der Waals surface area contributed by atoms with Gasteiger partial charge in [0, 0.05) is 17.7 Å². The van der Waals surface area contributed by atoms with Crippen molar-refractivity contribution < 1.29 is 8.78 Å². The monoisotopic (exact) mass is 183 g/mol. The number of rotatable bonds is 2. The van der Waals surface area contributed by atoms with Gasteiger partial charge in [0.15, 0.2) is 0 Å². The van der Waals surface area contributed by atoms with Gasteiger partial charge in [0.25, 0.3) is 0 Å². The first-order chi connectivity index (χ1) is 6.07. The molecule has 0 radical (unpaired) electrons. The van der Waals surface area contributed by atoms with Crippen LogP contribution in [0.5, 0.6) is 0 Å². The smallest absolute Gasteiger partial charge is 0.138 e. The SMILES string of the molecule is C=C(C)c1c(F)ccc(CN)c1F. The van der Waals surface area contributed by atoms with Crippen molar-refractivity contribution in [2.24, 2.45) is 5.73 Å². The zero-order valence-corrected chi connectivity index (χ0v) is 7.40. The highest BCUT2D eigenvalue weighted by Crippen LogP contribution is 2.22. The Bertz CT molecular complexity index is 345. The van der Waals surface area contributed by atoms with E-state index in [9.17, 15) is 8.78 Å². The molecule has 13 heavy (non-hydrogen) atoms. The molecule has 0 amide bonds. The van der Waals surface area contributed by atoms with Gasteiger partial charge in [-0.25, -0.2) is 8.78 Å². The highest BCUT2D eigenvalue weighted by molar-refractivity contribution is 5.63. The van der Waals surface area contributed by atoms with E-state index in [-0.39, 0.29) is 12.1 Å². The number of hydrogen-bond donors (Lipinski definition) is 1. The minimum Gasteiger partial charge on any atom is -0.326 e. The lowest BCUT2D eigenvalue weighted by atomic mass is 10.0. The molecule has 0 fully saturated rings. The molecule has 0 saturated carbocycles. The van der Waals surface area contributed by atoms with Gasteiger partial charge in [-0.2, -0.15) is 0 Å². The molecule has 2 N–H and O–H groups in total. The van der Waals surface area contributed by atoms with Crippen LogP contribution in [0.15, 0.2) is 18.7 Å². The maximum Gasteiger partial charge on any atom is 0.138 e. The van der Waals surface area contributed by atoms with E-state index in [1.165, 1.54) is 12.1 Å². The Morgan fingerprint density at radius 3 is 2.54 bits per heavy atom. The molecule has 0 heterocycles. The molecule has 0 atom stereocenters. The minimum absolute atomic E-state index is 0.0619. The first-order valence-corrected chi connectivity index (χ1v) is 3.90. The number of halogens is 2. The molecule has 0 aliphatic heterocycles. The standard InChI is InChI=1S/C10H11F2N/c1-6(2)9-8(11)4-3-7(5-13)10(9)12/h3-4H,1,5,13H2,2H3. The maximum atomic E-state index is 13.4. The molecule has 1 aromatic rings. The first-order valence-electron chi connectivity index (χ1n) is 3.90. The third kappa shape index (κ3) is 1.75. The number of allylic oxidation sites excluding steroid dienone is 1. The summed E-state index contributed by atoms with van der Waals surface area (Å²) in [4.78, 5) is 0. The average Bonchev–Trinajstić information content (AvgIpc) is 2.04. The van der Waals surface area contributed by atoms with Crippen LogP contribution in [0.3, 0.4) is 0 Å². The van der Waals surface area contributed by atoms with E-state index in [4.69, 9.17) is 5.73 Å². The van der Waals surface area contributed by atoms with Crippen LogP contribution in [0.1, 0.15) is 18.1 Å². The third-order valence-corrected chi connectivity index (χ3v) is 1.82. The van der Waals surface area contributed by atoms with Crippen LogP contribution < -0.4 is 5.73 Å². The van der Waals surface area contributed by atoms with Gasteiger partial charge in [-0.05, 0) is 18.6 Å². The van der Waals surface area contributed by atoms with Crippen molar-refractivity contribution in [3.05, 3.63) is 41.5 Å². The molecule has 0 spiro atoms. The van der Waals surface area contributed by atoms with Crippen molar-refractivity contribution in [2.75, 3.05) is 0 Å². The highest BCUT2D eigenvalue weighted by atomic mass is 19.1. The second kappa shape index (κ2) is 3.66. The summed E-state index contributed by atoms with van der Waals surface area (Å²) in [5, 5.41) is 0. The van der Waals surface area contributed by atoms with Crippen LogP contribution in [0.4, 0.5) is 8.78 Å². The van der Waals surface area contributed by atoms with Crippen LogP contribution in [0.25, 0.3) is 5.57 Å². The fourth-order valence-electron chi connectivity index (χ4n) is 1.14. The van der Waals surface area contributed by atoms with Crippen LogP contribution in [-0.4, -0.2) is 0 Å². The van der Waals surface area contributed by atoms with Gasteiger partial charge in [0.2, 0.25) is 0 Å². The summed E-state index contributed by atoms with van der Waals surface area (Å²) in [6, 6.07) is 2.55. The summed E-state index contributed by atoms with van der Waals surface area (Å²) in [6.07, 6.45) is 0. The molecule has 0 aromatic heterocycles. The predicted molar refractivity (Wildman–Crippen MR) is 49.0 cm³/mol. The molecule has 70 valence electrons. The highest BCUT2D eigenvalue weighted by Gasteiger charge is 2.12. The largest absolute Gasteiger partial charge is 0.326 e. The Balaban J connectivity index is 3.38. The fourth-order valence-corrected chi connectivity index (χ4v) is 1.14. The number of hydrogen-bond acceptors (Lipinski definition) is 1. The van der Waals surface area contributed by atoms with Gasteiger partial charge in [-0.3, -0.25) is 0 Å². The summed E-state index contributed by atoms with van der Waals surface area (Å²) >= 11 is 0. The maximum absolute atomic E-state index is 13.4. The Hall–Kier alpha value is -1.22. The second-order valence-electron chi connectivity index (χ2n) is 2.88. The summed E-state index contributed by atoms with van der Waals surface area (Å²) in [6.45, 7) is 5.12. The molecular weight excluding hydrogens is 172 g/mol. The van der Waals surface area contributed by atoms with Crippen molar-refractivity contribution in [3.8, 4) is 0 Å². The third-order valence-electron chi connectivity index (χ3n) is 1.82. The van der Waals surface area contributed by atoms with Gasteiger partial charge in [0.1, 0.15) is 11.6 Å². The van der Waals surface area contributed by atoms with Crippen molar-refractivity contribution in [2.45, 2.75) is 13.5 Å². The lowest BCUT2D eigenvalue weighted by Crippen LogP contribution is -2.03. The topological polar surface area (TPSA) is 26.0 Å². The Kier molecular flexibility index (Phi) is 2.78. The van der Waals surface area contributed by atoms with E-state index in [0.29, 0.717) is 11.1 Å². The zero-order chi connectivity index (χ0) is 10.0. The van der Waals surface area contributed by atoms with Crippen molar-refractivity contribution in [3.63, 3.8) is 0 Å². The Morgan fingerprint density at radius 1 is 1.46 bits per heavy atom. The van der Waals surface area contributed by atoms with Gasteiger partial charge in [0.05, 0.1) is 0 Å². The summed E-state index contributed by atoms with van der Waals surface area (Å²) in [5.74, 6) is -1.20. The average molecular weight is 183 g/mol. The summed E-state index contributed by atoms with van der Waals surface area (Å²) in [7, 11) is 0. The van der Waals surface area contributed by atoms with Crippen LogP contribution >= 0.6 is 0 Å². The molecule has 1 nitrogen and oxygen atoms in total. The Morgan fingerprint density at radius 2 is 2.08 bits per heavy atom. The van der Waals surface area contributed by atoms with Gasteiger partial charge in [-0.1, -0.05) is 12.6 Å². The van der Waals surface area contributed by atoms with E-state index in [1.807, 2.05) is 0 Å². The van der Waals surface area contributed by atoms with E-state index in [2.05, 4.69) is 6.58 Å². The minimum atomic E-state index is -0.602. The molecule has 0 saturated heterocycles. The first kappa shape index (κ1) is 9.86. The normalized spacial score (nSPS) is 10.2. The molecule has 0 unspecified atom stereocenters.